The molecule has 1 aromatic carbocycles. The maximum Gasteiger partial charge on any atom is 0.164 e. The van der Waals surface area contributed by atoms with Gasteiger partial charge in [0.2, 0.25) is 0 Å². The first-order valence-electron chi connectivity index (χ1n) is 4.94. The normalized spacial score (nSPS) is 10.3. The Morgan fingerprint density at radius 2 is 2.06 bits per heavy atom. The molecule has 0 aliphatic rings. The molecule has 0 fully saturated rings. The highest BCUT2D eigenvalue weighted by molar-refractivity contribution is 6.31. The highest BCUT2D eigenvalue weighted by Crippen LogP contribution is 2.22. The van der Waals surface area contributed by atoms with Crippen LogP contribution in [-0.4, -0.2) is 4.98 Å². The largest absolute Gasteiger partial charge is 0.378 e. The molecule has 1 heterocycles. The van der Waals surface area contributed by atoms with Crippen molar-refractivity contribution in [2.75, 3.05) is 5.32 Å². The van der Waals surface area contributed by atoms with Gasteiger partial charge in [-0.05, 0) is 23.8 Å². The summed E-state index contributed by atoms with van der Waals surface area (Å²) in [4.78, 5) is 3.70. The molecule has 0 bridgehead atoms. The number of benzene rings is 1. The fourth-order valence-electron chi connectivity index (χ4n) is 1.39. The van der Waals surface area contributed by atoms with Gasteiger partial charge < -0.3 is 5.32 Å². The molecule has 2 rings (SSSR count). The van der Waals surface area contributed by atoms with Gasteiger partial charge in [0.15, 0.2) is 5.82 Å². The van der Waals surface area contributed by atoms with Crippen molar-refractivity contribution >= 4 is 17.3 Å². The summed E-state index contributed by atoms with van der Waals surface area (Å²) in [5.74, 6) is -0.936. The lowest BCUT2D eigenvalue weighted by molar-refractivity contribution is 0.618. The molecule has 0 radical (unpaired) electrons. The standard InChI is InChI=1S/C12H9ClF2N2/c13-10-2-1-3-11(12(10)15)17-6-8-4-9(14)7-16-5-8/h1-5,7,17H,6H2. The van der Waals surface area contributed by atoms with Crippen LogP contribution in [0.2, 0.25) is 5.02 Å². The molecule has 0 unspecified atom stereocenters. The Bertz CT molecular complexity index is 532. The topological polar surface area (TPSA) is 24.9 Å². The molecule has 88 valence electrons. The third-order valence-corrected chi connectivity index (χ3v) is 2.49. The lowest BCUT2D eigenvalue weighted by Crippen LogP contribution is -2.02. The summed E-state index contributed by atoms with van der Waals surface area (Å²) in [5.41, 5.74) is 0.908. The van der Waals surface area contributed by atoms with Gasteiger partial charge >= 0.3 is 0 Å². The first kappa shape index (κ1) is 11.8. The molecule has 1 aromatic heterocycles. The molecule has 17 heavy (non-hydrogen) atoms. The van der Waals surface area contributed by atoms with E-state index in [0.29, 0.717) is 5.56 Å². The van der Waals surface area contributed by atoms with Crippen LogP contribution < -0.4 is 5.32 Å². The first-order chi connectivity index (χ1) is 8.16. The first-order valence-corrected chi connectivity index (χ1v) is 5.32. The SMILES string of the molecule is Fc1cncc(CNc2cccc(Cl)c2F)c1. The molecule has 1 N–H and O–H groups in total. The highest BCUT2D eigenvalue weighted by Gasteiger charge is 2.05. The molecule has 0 aliphatic carbocycles. The number of anilines is 1. The van der Waals surface area contributed by atoms with Crippen LogP contribution >= 0.6 is 11.6 Å². The van der Waals surface area contributed by atoms with Crippen molar-refractivity contribution in [1.82, 2.24) is 4.98 Å². The summed E-state index contributed by atoms with van der Waals surface area (Å²) >= 11 is 5.63. The third-order valence-electron chi connectivity index (χ3n) is 2.20. The van der Waals surface area contributed by atoms with E-state index in [2.05, 4.69) is 10.3 Å². The van der Waals surface area contributed by atoms with Crippen molar-refractivity contribution in [1.29, 1.82) is 0 Å². The van der Waals surface area contributed by atoms with Crippen molar-refractivity contribution in [2.45, 2.75) is 6.54 Å². The van der Waals surface area contributed by atoms with Gasteiger partial charge in [0.05, 0.1) is 16.9 Å². The van der Waals surface area contributed by atoms with Gasteiger partial charge in [0.25, 0.3) is 0 Å². The summed E-state index contributed by atoms with van der Waals surface area (Å²) in [6.45, 7) is 0.280. The second-order valence-electron chi connectivity index (χ2n) is 3.47. The van der Waals surface area contributed by atoms with Crippen molar-refractivity contribution < 1.29 is 8.78 Å². The zero-order valence-corrected chi connectivity index (χ0v) is 9.51. The van der Waals surface area contributed by atoms with Crippen LogP contribution in [0, 0.1) is 11.6 Å². The van der Waals surface area contributed by atoms with E-state index >= 15 is 0 Å². The van der Waals surface area contributed by atoms with Crippen LogP contribution in [0.3, 0.4) is 0 Å². The number of pyridine rings is 1. The van der Waals surface area contributed by atoms with E-state index in [0.717, 1.165) is 6.20 Å². The van der Waals surface area contributed by atoms with Crippen molar-refractivity contribution in [2.24, 2.45) is 0 Å². The maximum atomic E-state index is 13.5. The molecule has 0 aliphatic heterocycles. The molecule has 2 aromatic rings. The minimum absolute atomic E-state index is 0.0485. The minimum Gasteiger partial charge on any atom is -0.378 e. The predicted octanol–water partition coefficient (Wildman–Crippen LogP) is 3.63. The zero-order valence-electron chi connectivity index (χ0n) is 8.75. The average Bonchev–Trinajstić information content (AvgIpc) is 2.31. The molecular weight excluding hydrogens is 246 g/mol. The average molecular weight is 255 g/mol. The van der Waals surface area contributed by atoms with Gasteiger partial charge in [-0.2, -0.15) is 0 Å². The second-order valence-corrected chi connectivity index (χ2v) is 3.87. The Labute approximate surface area is 102 Å². The van der Waals surface area contributed by atoms with E-state index in [-0.39, 0.29) is 17.3 Å². The van der Waals surface area contributed by atoms with Gasteiger partial charge in [-0.25, -0.2) is 8.78 Å². The van der Waals surface area contributed by atoms with E-state index in [9.17, 15) is 8.78 Å². The number of hydrogen-bond donors (Lipinski definition) is 1. The fraction of sp³-hybridized carbons (Fsp3) is 0.0833. The molecular formula is C12H9ClF2N2. The number of rotatable bonds is 3. The van der Waals surface area contributed by atoms with E-state index in [1.165, 1.54) is 18.3 Å². The van der Waals surface area contributed by atoms with Gasteiger partial charge in [-0.3, -0.25) is 4.98 Å². The van der Waals surface area contributed by atoms with Gasteiger partial charge in [-0.1, -0.05) is 17.7 Å². The Balaban J connectivity index is 2.10. The fourth-order valence-corrected chi connectivity index (χ4v) is 1.56. The number of nitrogens with one attached hydrogen (secondary N) is 1. The van der Waals surface area contributed by atoms with Gasteiger partial charge in [-0.15, -0.1) is 0 Å². The quantitative estimate of drug-likeness (QED) is 0.905. The summed E-state index contributed by atoms with van der Waals surface area (Å²) < 4.78 is 26.4. The smallest absolute Gasteiger partial charge is 0.164 e. The summed E-state index contributed by atoms with van der Waals surface area (Å²) in [7, 11) is 0. The van der Waals surface area contributed by atoms with E-state index in [1.54, 1.807) is 12.1 Å². The van der Waals surface area contributed by atoms with Crippen LogP contribution in [0.25, 0.3) is 0 Å². The Morgan fingerprint density at radius 1 is 1.24 bits per heavy atom. The molecule has 2 nitrogen and oxygen atoms in total. The van der Waals surface area contributed by atoms with Crippen LogP contribution in [0.5, 0.6) is 0 Å². The number of halogens is 3. The van der Waals surface area contributed by atoms with Gasteiger partial charge in [0.1, 0.15) is 5.82 Å². The lowest BCUT2D eigenvalue weighted by atomic mass is 10.2. The molecule has 0 spiro atoms. The Kier molecular flexibility index (Phi) is 3.54. The Morgan fingerprint density at radius 3 is 2.82 bits per heavy atom. The molecule has 0 saturated heterocycles. The summed E-state index contributed by atoms with van der Waals surface area (Å²) in [6.07, 6.45) is 2.63. The number of aromatic nitrogens is 1. The van der Waals surface area contributed by atoms with Crippen LogP contribution in [0.4, 0.5) is 14.5 Å². The number of hydrogen-bond acceptors (Lipinski definition) is 2. The van der Waals surface area contributed by atoms with E-state index in [1.807, 2.05) is 0 Å². The molecule has 0 saturated carbocycles. The lowest BCUT2D eigenvalue weighted by Gasteiger charge is -2.08. The zero-order chi connectivity index (χ0) is 12.3. The van der Waals surface area contributed by atoms with Gasteiger partial charge in [0, 0.05) is 12.7 Å². The predicted molar refractivity (Wildman–Crippen MR) is 62.9 cm³/mol. The third kappa shape index (κ3) is 2.91. The maximum absolute atomic E-state index is 13.5. The van der Waals surface area contributed by atoms with E-state index in [4.69, 9.17) is 11.6 Å². The van der Waals surface area contributed by atoms with Crippen molar-refractivity contribution in [3.63, 3.8) is 0 Å². The summed E-state index contributed by atoms with van der Waals surface area (Å²) in [5, 5.41) is 2.88. The van der Waals surface area contributed by atoms with Crippen molar-refractivity contribution in [3.05, 3.63) is 58.9 Å². The second kappa shape index (κ2) is 5.10. The molecule has 0 amide bonds. The summed E-state index contributed by atoms with van der Waals surface area (Å²) in [6, 6.07) is 6.00. The Hall–Kier alpha value is -1.68. The van der Waals surface area contributed by atoms with Crippen molar-refractivity contribution in [3.8, 4) is 0 Å². The van der Waals surface area contributed by atoms with Crippen LogP contribution in [-0.2, 0) is 6.54 Å². The number of nitrogens with zero attached hydrogens (tertiary/aromatic N) is 1. The van der Waals surface area contributed by atoms with Crippen LogP contribution in [0.1, 0.15) is 5.56 Å². The highest BCUT2D eigenvalue weighted by atomic mass is 35.5. The monoisotopic (exact) mass is 254 g/mol. The molecule has 5 heteroatoms. The van der Waals surface area contributed by atoms with E-state index < -0.39 is 11.6 Å². The van der Waals surface area contributed by atoms with Crippen LogP contribution in [0.15, 0.2) is 36.7 Å². The molecule has 0 atom stereocenters. The minimum atomic E-state index is -0.515.